The van der Waals surface area contributed by atoms with E-state index in [9.17, 15) is 9.59 Å². The molecule has 1 spiro atoms. The number of hydrogen-bond acceptors (Lipinski definition) is 3. The first kappa shape index (κ1) is 13.6. The molecule has 0 aromatic carbocycles. The molecule has 1 saturated carbocycles. The van der Waals surface area contributed by atoms with Crippen molar-refractivity contribution in [1.82, 2.24) is 4.90 Å². The second-order valence-electron chi connectivity index (χ2n) is 6.06. The first-order valence-electron chi connectivity index (χ1n) is 7.07. The normalized spacial score (nSPS) is 25.4. The number of carboxylic acid groups (broad SMARTS) is 1. The van der Waals surface area contributed by atoms with Crippen molar-refractivity contribution in [3.63, 3.8) is 0 Å². The molecule has 1 N–H and O–H groups in total. The minimum atomic E-state index is -0.670. The smallest absolute Gasteiger partial charge is 0.307 e. The number of aliphatic carboxylic acids is 1. The summed E-state index contributed by atoms with van der Waals surface area (Å²) in [6.45, 7) is 3.36. The van der Waals surface area contributed by atoms with Crippen molar-refractivity contribution in [2.24, 2.45) is 11.3 Å². The number of hydrogen-bond donors (Lipinski definition) is 1. The number of thiophene rings is 1. The first-order chi connectivity index (χ1) is 9.53. The van der Waals surface area contributed by atoms with Gasteiger partial charge in [0.15, 0.2) is 0 Å². The largest absolute Gasteiger partial charge is 0.481 e. The second kappa shape index (κ2) is 4.88. The molecule has 2 atom stereocenters. The van der Waals surface area contributed by atoms with Gasteiger partial charge in [0.25, 0.3) is 0 Å². The average molecular weight is 293 g/mol. The summed E-state index contributed by atoms with van der Waals surface area (Å²) in [5.74, 6) is -0.763. The Kier molecular flexibility index (Phi) is 3.32. The molecule has 1 aromatic heterocycles. The SMILES string of the molecule is CC(C(=O)N1CCC2(CC1)CC2C(=O)O)c1ccsc1. The van der Waals surface area contributed by atoms with E-state index in [1.165, 1.54) is 0 Å². The van der Waals surface area contributed by atoms with E-state index in [1.807, 2.05) is 28.7 Å². The fourth-order valence-corrected chi connectivity index (χ4v) is 4.11. The Morgan fingerprint density at radius 1 is 1.45 bits per heavy atom. The molecular formula is C15H19NO3S. The minimum Gasteiger partial charge on any atom is -0.481 e. The van der Waals surface area contributed by atoms with Crippen LogP contribution in [0.5, 0.6) is 0 Å². The van der Waals surface area contributed by atoms with Crippen molar-refractivity contribution in [3.8, 4) is 0 Å². The lowest BCUT2D eigenvalue weighted by Crippen LogP contribution is -2.41. The van der Waals surface area contributed by atoms with Crippen LogP contribution in [-0.2, 0) is 9.59 Å². The maximum atomic E-state index is 12.5. The maximum Gasteiger partial charge on any atom is 0.307 e. The zero-order chi connectivity index (χ0) is 14.3. The van der Waals surface area contributed by atoms with Crippen LogP contribution in [0.3, 0.4) is 0 Å². The summed E-state index contributed by atoms with van der Waals surface area (Å²) < 4.78 is 0. The molecular weight excluding hydrogens is 274 g/mol. The Bertz CT molecular complexity index is 517. The molecule has 4 nitrogen and oxygen atoms in total. The van der Waals surface area contributed by atoms with Crippen LogP contribution < -0.4 is 0 Å². The molecule has 5 heteroatoms. The fourth-order valence-electron chi connectivity index (χ4n) is 3.36. The van der Waals surface area contributed by atoms with Crippen molar-refractivity contribution in [3.05, 3.63) is 22.4 Å². The molecule has 0 bridgehead atoms. The van der Waals surface area contributed by atoms with Gasteiger partial charge in [0.05, 0.1) is 11.8 Å². The molecule has 1 amide bonds. The lowest BCUT2D eigenvalue weighted by Gasteiger charge is -2.34. The third-order valence-corrected chi connectivity index (χ3v) is 5.67. The summed E-state index contributed by atoms with van der Waals surface area (Å²) in [5.41, 5.74) is 1.07. The highest BCUT2D eigenvalue weighted by Crippen LogP contribution is 2.59. The lowest BCUT2D eigenvalue weighted by molar-refractivity contribution is -0.140. The van der Waals surface area contributed by atoms with Gasteiger partial charge in [-0.3, -0.25) is 9.59 Å². The zero-order valence-corrected chi connectivity index (χ0v) is 12.4. The van der Waals surface area contributed by atoms with Gasteiger partial charge < -0.3 is 10.0 Å². The molecule has 20 heavy (non-hydrogen) atoms. The highest BCUT2D eigenvalue weighted by atomic mass is 32.1. The highest BCUT2D eigenvalue weighted by molar-refractivity contribution is 7.08. The Morgan fingerprint density at radius 2 is 2.15 bits per heavy atom. The third kappa shape index (κ3) is 2.24. The van der Waals surface area contributed by atoms with E-state index in [2.05, 4.69) is 0 Å². The van der Waals surface area contributed by atoms with Gasteiger partial charge in [0, 0.05) is 13.1 Å². The van der Waals surface area contributed by atoms with Gasteiger partial charge in [-0.15, -0.1) is 0 Å². The third-order valence-electron chi connectivity index (χ3n) is 4.97. The molecule has 1 aliphatic carbocycles. The molecule has 3 rings (SSSR count). The molecule has 2 unspecified atom stereocenters. The predicted molar refractivity (Wildman–Crippen MR) is 76.7 cm³/mol. The van der Waals surface area contributed by atoms with Crippen LogP contribution in [-0.4, -0.2) is 35.0 Å². The molecule has 1 saturated heterocycles. The Balaban J connectivity index is 1.59. The monoisotopic (exact) mass is 293 g/mol. The number of carbonyl (C=O) groups is 2. The van der Waals surface area contributed by atoms with Gasteiger partial charge in [-0.1, -0.05) is 0 Å². The number of piperidine rings is 1. The summed E-state index contributed by atoms with van der Waals surface area (Å²) in [4.78, 5) is 25.4. The van der Waals surface area contributed by atoms with Crippen LogP contribution in [0.2, 0.25) is 0 Å². The van der Waals surface area contributed by atoms with Crippen LogP contribution in [0, 0.1) is 11.3 Å². The number of nitrogens with zero attached hydrogens (tertiary/aromatic N) is 1. The summed E-state index contributed by atoms with van der Waals surface area (Å²) >= 11 is 1.61. The van der Waals surface area contributed by atoms with E-state index in [1.54, 1.807) is 11.3 Å². The van der Waals surface area contributed by atoms with Gasteiger partial charge in [0.1, 0.15) is 0 Å². The number of amides is 1. The Morgan fingerprint density at radius 3 is 2.65 bits per heavy atom. The van der Waals surface area contributed by atoms with Crippen molar-refractivity contribution >= 4 is 23.2 Å². The Labute approximate surface area is 122 Å². The molecule has 2 aliphatic rings. The van der Waals surface area contributed by atoms with E-state index in [0.717, 1.165) is 24.8 Å². The first-order valence-corrected chi connectivity index (χ1v) is 8.01. The number of carboxylic acids is 1. The van der Waals surface area contributed by atoms with Gasteiger partial charge in [-0.25, -0.2) is 0 Å². The van der Waals surface area contributed by atoms with Crippen LogP contribution in [0.25, 0.3) is 0 Å². The summed E-state index contributed by atoms with van der Waals surface area (Å²) in [7, 11) is 0. The van der Waals surface area contributed by atoms with Crippen molar-refractivity contribution < 1.29 is 14.7 Å². The van der Waals surface area contributed by atoms with E-state index >= 15 is 0 Å². The summed E-state index contributed by atoms with van der Waals surface area (Å²) in [6, 6.07) is 2.00. The standard InChI is InChI=1S/C15H19NO3S/c1-10(11-2-7-20-9-11)13(17)16-5-3-15(4-6-16)8-12(15)14(18)19/h2,7,9-10,12H,3-6,8H2,1H3,(H,18,19). The molecule has 1 aliphatic heterocycles. The second-order valence-corrected chi connectivity index (χ2v) is 6.84. The zero-order valence-electron chi connectivity index (χ0n) is 11.5. The summed E-state index contributed by atoms with van der Waals surface area (Å²) in [5, 5.41) is 13.1. The van der Waals surface area contributed by atoms with Gasteiger partial charge >= 0.3 is 5.97 Å². The van der Waals surface area contributed by atoms with E-state index < -0.39 is 5.97 Å². The minimum absolute atomic E-state index is 0.00572. The lowest BCUT2D eigenvalue weighted by atomic mass is 9.90. The van der Waals surface area contributed by atoms with Gasteiger partial charge in [-0.05, 0) is 54.0 Å². The van der Waals surface area contributed by atoms with Crippen LogP contribution in [0.4, 0.5) is 0 Å². The summed E-state index contributed by atoms with van der Waals surface area (Å²) in [6.07, 6.45) is 2.47. The number of likely N-dealkylation sites (tertiary alicyclic amines) is 1. The van der Waals surface area contributed by atoms with E-state index in [4.69, 9.17) is 5.11 Å². The molecule has 1 aromatic rings. The van der Waals surface area contributed by atoms with Gasteiger partial charge in [0.2, 0.25) is 5.91 Å². The maximum absolute atomic E-state index is 12.5. The van der Waals surface area contributed by atoms with Crippen LogP contribution >= 0.6 is 11.3 Å². The number of carbonyl (C=O) groups excluding carboxylic acids is 1. The highest BCUT2D eigenvalue weighted by Gasteiger charge is 2.59. The molecule has 108 valence electrons. The van der Waals surface area contributed by atoms with Crippen molar-refractivity contribution in [1.29, 1.82) is 0 Å². The molecule has 0 radical (unpaired) electrons. The van der Waals surface area contributed by atoms with Crippen LogP contribution in [0.1, 0.15) is 37.7 Å². The molecule has 2 heterocycles. The van der Waals surface area contributed by atoms with Crippen molar-refractivity contribution in [2.45, 2.75) is 32.1 Å². The average Bonchev–Trinajstić information content (AvgIpc) is 2.90. The fraction of sp³-hybridized carbons (Fsp3) is 0.600. The van der Waals surface area contributed by atoms with Gasteiger partial charge in [-0.2, -0.15) is 11.3 Å². The van der Waals surface area contributed by atoms with Crippen molar-refractivity contribution in [2.75, 3.05) is 13.1 Å². The van der Waals surface area contributed by atoms with E-state index in [-0.39, 0.29) is 23.2 Å². The quantitative estimate of drug-likeness (QED) is 0.932. The predicted octanol–water partition coefficient (Wildman–Crippen LogP) is 2.56. The topological polar surface area (TPSA) is 57.6 Å². The van der Waals surface area contributed by atoms with E-state index in [0.29, 0.717) is 13.1 Å². The Hall–Kier alpha value is -1.36. The number of rotatable bonds is 3. The molecule has 2 fully saturated rings. The van der Waals surface area contributed by atoms with Crippen LogP contribution in [0.15, 0.2) is 16.8 Å².